The van der Waals surface area contributed by atoms with Crippen LogP contribution in [0.1, 0.15) is 5.69 Å². The first-order valence-electron chi connectivity index (χ1n) is 5.48. The molecule has 0 spiro atoms. The van der Waals surface area contributed by atoms with Crippen LogP contribution in [-0.4, -0.2) is 24.4 Å². The van der Waals surface area contributed by atoms with Gasteiger partial charge in [-0.1, -0.05) is 18.2 Å². The second kappa shape index (κ2) is 4.22. The van der Waals surface area contributed by atoms with Crippen LogP contribution in [0.5, 0.6) is 0 Å². The van der Waals surface area contributed by atoms with Gasteiger partial charge in [-0.2, -0.15) is 0 Å². The summed E-state index contributed by atoms with van der Waals surface area (Å²) >= 11 is 0. The molecule has 18 heavy (non-hydrogen) atoms. The van der Waals surface area contributed by atoms with Gasteiger partial charge in [-0.05, 0) is 19.1 Å². The van der Waals surface area contributed by atoms with E-state index in [0.717, 1.165) is 11.4 Å². The van der Waals surface area contributed by atoms with Gasteiger partial charge in [0, 0.05) is 13.3 Å². The Kier molecular flexibility index (Phi) is 3.00. The normalized spacial score (nSPS) is 14.4. The monoisotopic (exact) mass is 267 g/mol. The zero-order valence-electron chi connectivity index (χ0n) is 10.6. The van der Waals surface area contributed by atoms with Gasteiger partial charge in [0.15, 0.2) is 4.64 Å². The maximum Gasteiger partial charge on any atom is 0.159 e. The molecule has 0 saturated carbocycles. The molecule has 2 rings (SSSR count). The Labute approximate surface area is 106 Å². The highest BCUT2D eigenvalue weighted by molar-refractivity contribution is 7.89. The molecule has 1 atom stereocenters. The Morgan fingerprint density at radius 3 is 2.28 bits per heavy atom. The summed E-state index contributed by atoms with van der Waals surface area (Å²) in [6.07, 6.45) is 1.27. The minimum absolute atomic E-state index is 0.254. The molecule has 0 saturated heterocycles. The second-order valence-corrected chi connectivity index (χ2v) is 6.27. The highest BCUT2D eigenvalue weighted by Crippen LogP contribution is 2.20. The Bertz CT molecular complexity index is 727. The Morgan fingerprint density at radius 1 is 1.28 bits per heavy atom. The molecule has 6 heteroatoms. The van der Waals surface area contributed by atoms with E-state index in [4.69, 9.17) is 5.73 Å². The number of nitrogens with zero attached hydrogens (tertiary/aromatic N) is 2. The third-order valence-electron chi connectivity index (χ3n) is 2.89. The van der Waals surface area contributed by atoms with Crippen molar-refractivity contribution in [2.75, 3.05) is 12.0 Å². The molecule has 1 aromatic carbocycles. The third kappa shape index (κ3) is 1.93. The summed E-state index contributed by atoms with van der Waals surface area (Å²) in [6.45, 7) is 1.83. The van der Waals surface area contributed by atoms with Gasteiger partial charge >= 0.3 is 0 Å². The van der Waals surface area contributed by atoms with Gasteiger partial charge in [-0.25, -0.2) is 4.21 Å². The molecule has 1 aromatic heterocycles. The molecule has 1 heterocycles. The SMILES string of the molecule is Cc1c(N)c(=S(C)(=O)O)n(C)n1-c1ccccc1. The Morgan fingerprint density at radius 2 is 1.83 bits per heavy atom. The van der Waals surface area contributed by atoms with Crippen LogP contribution in [0.15, 0.2) is 30.3 Å². The molecule has 0 fully saturated rings. The average Bonchev–Trinajstić information content (AvgIpc) is 2.50. The van der Waals surface area contributed by atoms with Gasteiger partial charge in [0.25, 0.3) is 0 Å². The molecule has 5 nitrogen and oxygen atoms in total. The molecular weight excluding hydrogens is 250 g/mol. The standard InChI is InChI=1S/C12H17N3O2S/c1-9-11(13)12(18(3,16)17)14(2)15(9)10-7-5-4-6-8-10/h4-8H,13H2,1-3H3,(H,16,17). The molecule has 0 radical (unpaired) electrons. The quantitative estimate of drug-likeness (QED) is 0.771. The van der Waals surface area contributed by atoms with Crippen molar-refractivity contribution >= 4 is 15.5 Å². The fourth-order valence-electron chi connectivity index (χ4n) is 2.14. The van der Waals surface area contributed by atoms with E-state index in [-0.39, 0.29) is 4.64 Å². The summed E-state index contributed by atoms with van der Waals surface area (Å²) in [6, 6.07) is 9.58. The van der Waals surface area contributed by atoms with Crippen LogP contribution >= 0.6 is 0 Å². The summed E-state index contributed by atoms with van der Waals surface area (Å²) in [5, 5.41) is 0. The maximum atomic E-state index is 11.9. The van der Waals surface area contributed by atoms with Crippen molar-refractivity contribution < 1.29 is 8.76 Å². The van der Waals surface area contributed by atoms with Gasteiger partial charge in [-0.15, -0.1) is 0 Å². The largest absolute Gasteiger partial charge is 0.395 e. The fraction of sp³-hybridized carbons (Fsp3) is 0.250. The van der Waals surface area contributed by atoms with Crippen LogP contribution in [0.25, 0.3) is 5.69 Å². The molecule has 1 unspecified atom stereocenters. The molecule has 98 valence electrons. The molecular formula is C12H17N3O2S. The molecule has 0 aliphatic rings. The minimum atomic E-state index is -3.11. The zero-order valence-corrected chi connectivity index (χ0v) is 11.4. The van der Waals surface area contributed by atoms with E-state index in [2.05, 4.69) is 0 Å². The lowest BCUT2D eigenvalue weighted by molar-refractivity contribution is 0.555. The van der Waals surface area contributed by atoms with E-state index < -0.39 is 9.80 Å². The number of rotatable bonds is 1. The lowest BCUT2D eigenvalue weighted by Gasteiger charge is -2.10. The van der Waals surface area contributed by atoms with Gasteiger partial charge in [0.1, 0.15) is 9.80 Å². The molecule has 0 bridgehead atoms. The molecule has 0 aliphatic heterocycles. The van der Waals surface area contributed by atoms with Crippen LogP contribution < -0.4 is 5.73 Å². The number of nitrogen functional groups attached to an aromatic ring is 1. The van der Waals surface area contributed by atoms with Crippen LogP contribution in [0.3, 0.4) is 0 Å². The van der Waals surface area contributed by atoms with E-state index in [1.165, 1.54) is 6.26 Å². The topological polar surface area (TPSA) is 73.2 Å². The van der Waals surface area contributed by atoms with E-state index in [1.54, 1.807) is 11.7 Å². The predicted molar refractivity (Wildman–Crippen MR) is 73.8 cm³/mol. The number of para-hydroxylation sites is 1. The van der Waals surface area contributed by atoms with Crippen molar-refractivity contribution in [1.29, 1.82) is 0 Å². The van der Waals surface area contributed by atoms with Crippen molar-refractivity contribution in [2.45, 2.75) is 6.92 Å². The molecule has 3 N–H and O–H groups in total. The fourth-order valence-corrected chi connectivity index (χ4v) is 3.27. The number of benzene rings is 1. The van der Waals surface area contributed by atoms with Gasteiger partial charge in [0.05, 0.1) is 17.1 Å². The number of hydrogen-bond acceptors (Lipinski definition) is 2. The number of nitrogens with two attached hydrogens (primary N) is 1. The minimum Gasteiger partial charge on any atom is -0.395 e. The predicted octanol–water partition coefficient (Wildman–Crippen LogP) is 1.63. The number of anilines is 1. The first-order valence-corrected chi connectivity index (χ1v) is 7.40. The van der Waals surface area contributed by atoms with Gasteiger partial charge in [0.2, 0.25) is 0 Å². The second-order valence-electron chi connectivity index (χ2n) is 4.28. The summed E-state index contributed by atoms with van der Waals surface area (Å²) in [4.78, 5) is 0. The van der Waals surface area contributed by atoms with Crippen molar-refractivity contribution in [3.8, 4) is 5.69 Å². The number of aromatic nitrogens is 2. The van der Waals surface area contributed by atoms with Crippen molar-refractivity contribution in [1.82, 2.24) is 9.36 Å². The smallest absolute Gasteiger partial charge is 0.159 e. The zero-order chi connectivity index (χ0) is 13.5. The highest BCUT2D eigenvalue weighted by Gasteiger charge is 2.14. The highest BCUT2D eigenvalue weighted by atomic mass is 32.2. The maximum absolute atomic E-state index is 11.9. The van der Waals surface area contributed by atoms with Crippen LogP contribution in [0.2, 0.25) is 0 Å². The first-order chi connectivity index (χ1) is 8.34. The van der Waals surface area contributed by atoms with Crippen LogP contribution in [0, 0.1) is 11.6 Å². The van der Waals surface area contributed by atoms with Crippen LogP contribution in [-0.2, 0) is 16.9 Å². The molecule has 2 aromatic rings. The van der Waals surface area contributed by atoms with E-state index in [1.807, 2.05) is 41.9 Å². The van der Waals surface area contributed by atoms with E-state index >= 15 is 0 Å². The van der Waals surface area contributed by atoms with Crippen molar-refractivity contribution in [2.24, 2.45) is 7.05 Å². The lowest BCUT2D eigenvalue weighted by atomic mass is 10.3. The van der Waals surface area contributed by atoms with E-state index in [0.29, 0.717) is 5.69 Å². The summed E-state index contributed by atoms with van der Waals surface area (Å²) in [5.74, 6) is 0. The average molecular weight is 267 g/mol. The van der Waals surface area contributed by atoms with Crippen molar-refractivity contribution in [3.05, 3.63) is 40.7 Å². The first kappa shape index (κ1) is 12.8. The Hall–Kier alpha value is -1.66. The Balaban J connectivity index is 2.95. The van der Waals surface area contributed by atoms with Crippen LogP contribution in [0.4, 0.5) is 5.69 Å². The molecule has 0 amide bonds. The van der Waals surface area contributed by atoms with Gasteiger partial charge in [-0.3, -0.25) is 9.36 Å². The van der Waals surface area contributed by atoms with Crippen molar-refractivity contribution in [3.63, 3.8) is 0 Å². The summed E-state index contributed by atoms with van der Waals surface area (Å²) < 4.78 is 25.3. The van der Waals surface area contributed by atoms with E-state index in [9.17, 15) is 8.76 Å². The number of hydrogen-bond donors (Lipinski definition) is 2. The summed E-state index contributed by atoms with van der Waals surface area (Å²) in [7, 11) is -1.38. The van der Waals surface area contributed by atoms with Gasteiger partial charge < -0.3 is 10.3 Å². The third-order valence-corrected chi connectivity index (χ3v) is 4.09. The lowest BCUT2D eigenvalue weighted by Crippen LogP contribution is -2.10. The summed E-state index contributed by atoms with van der Waals surface area (Å²) in [5.41, 5.74) is 7.96. The molecule has 0 aliphatic carbocycles.